The third-order valence-electron chi connectivity index (χ3n) is 6.27. The number of aromatic nitrogens is 4. The minimum atomic E-state index is -0.496. The predicted molar refractivity (Wildman–Crippen MR) is 137 cm³/mol. The summed E-state index contributed by atoms with van der Waals surface area (Å²) >= 11 is 0. The molecule has 186 valence electrons. The molecule has 10 nitrogen and oxygen atoms in total. The molecule has 0 spiro atoms. The summed E-state index contributed by atoms with van der Waals surface area (Å²) in [6.45, 7) is 8.24. The maximum Gasteiger partial charge on any atom is 0.410 e. The Morgan fingerprint density at radius 3 is 2.58 bits per heavy atom. The number of rotatable bonds is 4. The van der Waals surface area contributed by atoms with E-state index in [0.29, 0.717) is 43.5 Å². The minimum absolute atomic E-state index is 0.270. The molecule has 36 heavy (non-hydrogen) atoms. The molecule has 0 saturated carbocycles. The van der Waals surface area contributed by atoms with Gasteiger partial charge in [-0.1, -0.05) is 6.08 Å². The average Bonchev–Trinajstić information content (AvgIpc) is 3.51. The summed E-state index contributed by atoms with van der Waals surface area (Å²) in [5.41, 5.74) is 3.90. The zero-order valence-electron chi connectivity index (χ0n) is 20.9. The van der Waals surface area contributed by atoms with Crippen LogP contribution in [0.5, 0.6) is 0 Å². The Balaban J connectivity index is 1.26. The molecule has 10 heteroatoms. The van der Waals surface area contributed by atoms with E-state index in [1.165, 1.54) is 0 Å². The first kappa shape index (κ1) is 23.6. The number of hydrogen-bond donors (Lipinski definition) is 1. The summed E-state index contributed by atoms with van der Waals surface area (Å²) in [7, 11) is 0. The number of nitriles is 1. The molecule has 1 saturated heterocycles. The highest BCUT2D eigenvalue weighted by atomic mass is 16.6. The van der Waals surface area contributed by atoms with Crippen molar-refractivity contribution in [2.45, 2.75) is 45.6 Å². The van der Waals surface area contributed by atoms with Crippen molar-refractivity contribution in [3.05, 3.63) is 47.9 Å². The molecule has 1 aliphatic carbocycles. The molecule has 0 unspecified atom stereocenters. The van der Waals surface area contributed by atoms with Crippen LogP contribution in [0.2, 0.25) is 0 Å². The van der Waals surface area contributed by atoms with E-state index < -0.39 is 5.60 Å². The highest BCUT2D eigenvalue weighted by Crippen LogP contribution is 2.31. The summed E-state index contributed by atoms with van der Waals surface area (Å²) < 4.78 is 7.27. The normalized spacial score (nSPS) is 16.1. The second-order valence-corrected chi connectivity index (χ2v) is 10.0. The van der Waals surface area contributed by atoms with E-state index in [9.17, 15) is 10.1 Å². The van der Waals surface area contributed by atoms with Crippen LogP contribution in [0, 0.1) is 11.3 Å². The van der Waals surface area contributed by atoms with Gasteiger partial charge in [-0.15, -0.1) is 5.10 Å². The molecule has 1 aliphatic heterocycles. The van der Waals surface area contributed by atoms with Crippen LogP contribution in [0.25, 0.3) is 11.1 Å². The van der Waals surface area contributed by atoms with Gasteiger partial charge in [0.2, 0.25) is 5.95 Å². The number of piperazine rings is 1. The number of pyridine rings is 1. The Labute approximate surface area is 210 Å². The van der Waals surface area contributed by atoms with Crippen LogP contribution in [0.15, 0.2) is 36.7 Å². The highest BCUT2D eigenvalue weighted by molar-refractivity contribution is 5.74. The topological polar surface area (TPSA) is 112 Å². The Morgan fingerprint density at radius 2 is 1.94 bits per heavy atom. The van der Waals surface area contributed by atoms with Gasteiger partial charge < -0.3 is 19.9 Å². The number of fused-ring (bicyclic) bond motifs is 1. The van der Waals surface area contributed by atoms with Gasteiger partial charge >= 0.3 is 6.09 Å². The molecule has 4 heterocycles. The maximum atomic E-state index is 12.3. The number of anilines is 3. The van der Waals surface area contributed by atoms with Crippen LogP contribution in [-0.2, 0) is 4.74 Å². The number of carbonyl (C=O) groups excluding carboxylic acids is 1. The molecule has 1 fully saturated rings. The minimum Gasteiger partial charge on any atom is -0.444 e. The molecule has 0 aromatic carbocycles. The van der Waals surface area contributed by atoms with Gasteiger partial charge in [-0.25, -0.2) is 19.3 Å². The van der Waals surface area contributed by atoms with Gasteiger partial charge in [0.1, 0.15) is 17.5 Å². The zero-order valence-corrected chi connectivity index (χ0v) is 20.9. The van der Waals surface area contributed by atoms with Crippen molar-refractivity contribution in [3.8, 4) is 6.07 Å². The van der Waals surface area contributed by atoms with Gasteiger partial charge in [-0.3, -0.25) is 0 Å². The fourth-order valence-electron chi connectivity index (χ4n) is 4.54. The number of allylic oxidation sites excluding steroid dienone is 2. The standard InChI is InChI=1S/C26H30N8O2/c1-26(2,3)36-25(35)33-12-10-32(11-13-33)20-8-9-22(28-16-20)30-24-29-17-21-14-19(15-27)23(34(21)31-24)18-6-4-5-7-18/h6,8-9,14,16-17H,4-5,7,10-13H2,1-3H3,(H,28,30,31). The molecular weight excluding hydrogens is 456 g/mol. The molecule has 1 N–H and O–H groups in total. The van der Waals surface area contributed by atoms with Crippen LogP contribution in [0.3, 0.4) is 0 Å². The zero-order chi connectivity index (χ0) is 25.3. The quantitative estimate of drug-likeness (QED) is 0.579. The first-order valence-electron chi connectivity index (χ1n) is 12.2. The monoisotopic (exact) mass is 486 g/mol. The second-order valence-electron chi connectivity index (χ2n) is 10.0. The predicted octanol–water partition coefficient (Wildman–Crippen LogP) is 4.36. The van der Waals surface area contributed by atoms with Crippen molar-refractivity contribution in [2.24, 2.45) is 0 Å². The fourth-order valence-corrected chi connectivity index (χ4v) is 4.54. The van der Waals surface area contributed by atoms with E-state index in [0.717, 1.165) is 41.7 Å². The summed E-state index contributed by atoms with van der Waals surface area (Å²) in [5.74, 6) is 1.04. The van der Waals surface area contributed by atoms with E-state index >= 15 is 0 Å². The summed E-state index contributed by atoms with van der Waals surface area (Å²) in [6.07, 6.45) is 8.50. The lowest BCUT2D eigenvalue weighted by Crippen LogP contribution is -2.50. The number of hydrogen-bond acceptors (Lipinski definition) is 8. The van der Waals surface area contributed by atoms with Crippen LogP contribution in [0.1, 0.15) is 51.3 Å². The van der Waals surface area contributed by atoms with Crippen molar-refractivity contribution in [3.63, 3.8) is 0 Å². The molecule has 3 aromatic heterocycles. The Morgan fingerprint density at radius 1 is 1.14 bits per heavy atom. The maximum absolute atomic E-state index is 12.3. The third-order valence-corrected chi connectivity index (χ3v) is 6.27. The number of carbonyl (C=O) groups is 1. The summed E-state index contributed by atoms with van der Waals surface area (Å²) in [6, 6.07) is 8.00. The van der Waals surface area contributed by atoms with Gasteiger partial charge in [0.15, 0.2) is 0 Å². The van der Waals surface area contributed by atoms with Crippen molar-refractivity contribution in [1.29, 1.82) is 5.26 Å². The molecule has 1 amide bonds. The number of amides is 1. The molecule has 2 aliphatic rings. The SMILES string of the molecule is CC(C)(C)OC(=O)N1CCN(c2ccc(Nc3ncc4cc(C#N)c(C5=CCCC5)n4n3)nc2)CC1. The second kappa shape index (κ2) is 9.49. The molecule has 3 aromatic rings. The van der Waals surface area contributed by atoms with Gasteiger partial charge in [0, 0.05) is 26.2 Å². The van der Waals surface area contributed by atoms with Crippen LogP contribution < -0.4 is 10.2 Å². The van der Waals surface area contributed by atoms with Gasteiger partial charge in [-0.2, -0.15) is 5.26 Å². The lowest BCUT2D eigenvalue weighted by Gasteiger charge is -2.36. The van der Waals surface area contributed by atoms with E-state index in [1.54, 1.807) is 15.6 Å². The van der Waals surface area contributed by atoms with E-state index in [-0.39, 0.29) is 6.09 Å². The Kier molecular flexibility index (Phi) is 6.22. The van der Waals surface area contributed by atoms with Gasteiger partial charge in [-0.05, 0) is 63.8 Å². The van der Waals surface area contributed by atoms with Gasteiger partial charge in [0.05, 0.1) is 34.9 Å². The lowest BCUT2D eigenvalue weighted by molar-refractivity contribution is 0.0240. The molecule has 0 radical (unpaired) electrons. The first-order valence-corrected chi connectivity index (χ1v) is 12.2. The molecular formula is C26H30N8O2. The van der Waals surface area contributed by atoms with Crippen molar-refractivity contribution < 1.29 is 9.53 Å². The lowest BCUT2D eigenvalue weighted by atomic mass is 10.1. The molecule has 0 bridgehead atoms. The summed E-state index contributed by atoms with van der Waals surface area (Å²) in [5, 5.41) is 17.4. The van der Waals surface area contributed by atoms with Crippen LogP contribution >= 0.6 is 0 Å². The van der Waals surface area contributed by atoms with E-state index in [1.807, 2.05) is 45.2 Å². The molecule has 0 atom stereocenters. The summed E-state index contributed by atoms with van der Waals surface area (Å²) in [4.78, 5) is 25.2. The van der Waals surface area contributed by atoms with Crippen LogP contribution in [0.4, 0.5) is 22.2 Å². The third kappa shape index (κ3) is 4.96. The molecule has 5 rings (SSSR count). The average molecular weight is 487 g/mol. The van der Waals surface area contributed by atoms with E-state index in [4.69, 9.17) is 4.74 Å². The van der Waals surface area contributed by atoms with E-state index in [2.05, 4.69) is 37.4 Å². The fraction of sp³-hybridized carbons (Fsp3) is 0.423. The van der Waals surface area contributed by atoms with Crippen molar-refractivity contribution >= 4 is 34.6 Å². The number of nitrogens with one attached hydrogen (secondary N) is 1. The first-order chi connectivity index (χ1) is 17.3. The number of ether oxygens (including phenoxy) is 1. The number of nitrogens with zero attached hydrogens (tertiary/aromatic N) is 7. The Bertz CT molecular complexity index is 1340. The smallest absolute Gasteiger partial charge is 0.410 e. The largest absolute Gasteiger partial charge is 0.444 e. The van der Waals surface area contributed by atoms with Crippen LogP contribution in [-0.4, -0.2) is 62.4 Å². The highest BCUT2D eigenvalue weighted by Gasteiger charge is 2.26. The Hall–Kier alpha value is -4.13. The van der Waals surface area contributed by atoms with Crippen molar-refractivity contribution in [1.82, 2.24) is 24.5 Å². The van der Waals surface area contributed by atoms with Gasteiger partial charge in [0.25, 0.3) is 0 Å². The van der Waals surface area contributed by atoms with Crippen molar-refractivity contribution in [2.75, 3.05) is 36.4 Å².